The first-order valence-corrected chi connectivity index (χ1v) is 3.87. The molecule has 3 heteroatoms. The van der Waals surface area contributed by atoms with Crippen molar-refractivity contribution in [3.63, 3.8) is 0 Å². The molecule has 0 bridgehead atoms. The molecule has 12 heavy (non-hydrogen) atoms. The van der Waals surface area contributed by atoms with Crippen molar-refractivity contribution in [1.29, 1.82) is 0 Å². The molecule has 0 unspecified atom stereocenters. The monoisotopic (exact) mass is 169 g/mol. The van der Waals surface area contributed by atoms with Crippen LogP contribution in [-0.2, 0) is 12.3 Å². The van der Waals surface area contributed by atoms with Crippen molar-refractivity contribution >= 4 is 5.69 Å². The molecule has 0 heterocycles. The van der Waals surface area contributed by atoms with E-state index in [1.165, 1.54) is 6.07 Å². The van der Waals surface area contributed by atoms with Crippen molar-refractivity contribution in [2.75, 3.05) is 5.73 Å². The third-order valence-electron chi connectivity index (χ3n) is 2.26. The zero-order valence-corrected chi connectivity index (χ0v) is 6.48. The summed E-state index contributed by atoms with van der Waals surface area (Å²) in [6, 6.07) is 4.96. The first-order valence-electron chi connectivity index (χ1n) is 3.87. The van der Waals surface area contributed by atoms with Crippen LogP contribution in [-0.4, -0.2) is 0 Å². The average molecular weight is 169 g/mol. The molecule has 0 atom stereocenters. The average Bonchev–Trinajstić information content (AvgIpc) is 2.29. The van der Waals surface area contributed by atoms with Crippen molar-refractivity contribution in [2.24, 2.45) is 0 Å². The Morgan fingerprint density at radius 2 is 2.08 bits per heavy atom. The summed E-state index contributed by atoms with van der Waals surface area (Å²) in [4.78, 5) is 0. The lowest BCUT2D eigenvalue weighted by Crippen LogP contribution is -2.10. The second-order valence-electron chi connectivity index (χ2n) is 3.09. The zero-order valence-electron chi connectivity index (χ0n) is 6.48. The highest BCUT2D eigenvalue weighted by atomic mass is 19.3. The molecule has 1 aromatic rings. The minimum atomic E-state index is -2.71. The van der Waals surface area contributed by atoms with Crippen LogP contribution in [0.25, 0.3) is 0 Å². The maximum atomic E-state index is 13.1. The van der Waals surface area contributed by atoms with Crippen LogP contribution in [0.1, 0.15) is 17.5 Å². The molecule has 2 N–H and O–H groups in total. The van der Waals surface area contributed by atoms with Gasteiger partial charge in [0.05, 0.1) is 0 Å². The van der Waals surface area contributed by atoms with E-state index in [1.807, 2.05) is 0 Å². The van der Waals surface area contributed by atoms with Crippen LogP contribution in [0.15, 0.2) is 18.2 Å². The van der Waals surface area contributed by atoms with Crippen molar-refractivity contribution in [3.05, 3.63) is 29.3 Å². The third kappa shape index (κ3) is 0.891. The fourth-order valence-electron chi connectivity index (χ4n) is 1.69. The molecular formula is C9H9F2N. The summed E-state index contributed by atoms with van der Waals surface area (Å²) in [5.41, 5.74) is 6.43. The minimum absolute atomic E-state index is 0.0463. The number of nitrogens with two attached hydrogens (primary N) is 1. The Kier molecular flexibility index (Phi) is 1.37. The number of hydrogen-bond acceptors (Lipinski definition) is 1. The molecule has 1 nitrogen and oxygen atoms in total. The maximum Gasteiger partial charge on any atom is 0.275 e. The lowest BCUT2D eigenvalue weighted by molar-refractivity contribution is -0.00110. The van der Waals surface area contributed by atoms with Gasteiger partial charge in [-0.3, -0.25) is 0 Å². The summed E-state index contributed by atoms with van der Waals surface area (Å²) >= 11 is 0. The second kappa shape index (κ2) is 2.19. The molecule has 1 aliphatic carbocycles. The number of aryl methyl sites for hydroxylation is 1. The number of nitrogen functional groups attached to an aromatic ring is 1. The van der Waals surface area contributed by atoms with Gasteiger partial charge in [0.25, 0.3) is 5.92 Å². The van der Waals surface area contributed by atoms with E-state index in [-0.39, 0.29) is 17.7 Å². The van der Waals surface area contributed by atoms with Gasteiger partial charge in [-0.2, -0.15) is 0 Å². The van der Waals surface area contributed by atoms with Crippen molar-refractivity contribution in [3.8, 4) is 0 Å². The lowest BCUT2D eigenvalue weighted by atomic mass is 10.1. The van der Waals surface area contributed by atoms with Crippen LogP contribution >= 0.6 is 0 Å². The number of benzene rings is 1. The van der Waals surface area contributed by atoms with E-state index < -0.39 is 5.92 Å². The molecule has 0 aromatic heterocycles. The van der Waals surface area contributed by atoms with E-state index in [0.717, 1.165) is 0 Å². The molecule has 0 spiro atoms. The quantitative estimate of drug-likeness (QED) is 0.592. The summed E-state index contributed by atoms with van der Waals surface area (Å²) in [7, 11) is 0. The minimum Gasteiger partial charge on any atom is -0.398 e. The molecule has 0 fully saturated rings. The van der Waals surface area contributed by atoms with Crippen LogP contribution in [0.3, 0.4) is 0 Å². The Morgan fingerprint density at radius 1 is 1.33 bits per heavy atom. The van der Waals surface area contributed by atoms with Gasteiger partial charge in [-0.25, -0.2) is 8.78 Å². The Morgan fingerprint density at radius 3 is 2.75 bits per heavy atom. The van der Waals surface area contributed by atoms with Gasteiger partial charge in [0, 0.05) is 17.7 Å². The Balaban J connectivity index is 2.64. The molecule has 0 radical (unpaired) electrons. The van der Waals surface area contributed by atoms with Crippen LogP contribution in [0, 0.1) is 0 Å². The van der Waals surface area contributed by atoms with E-state index in [1.54, 1.807) is 12.1 Å². The Bertz CT molecular complexity index is 320. The molecule has 0 aliphatic heterocycles. The van der Waals surface area contributed by atoms with Crippen LogP contribution in [0.4, 0.5) is 14.5 Å². The van der Waals surface area contributed by atoms with Crippen molar-refractivity contribution in [2.45, 2.75) is 18.8 Å². The largest absolute Gasteiger partial charge is 0.398 e. The molecule has 2 rings (SSSR count). The predicted molar refractivity (Wildman–Crippen MR) is 43.1 cm³/mol. The Hall–Kier alpha value is -1.12. The first-order chi connectivity index (χ1) is 5.61. The molecule has 0 saturated heterocycles. The second-order valence-corrected chi connectivity index (χ2v) is 3.09. The van der Waals surface area contributed by atoms with E-state index in [0.29, 0.717) is 12.0 Å². The normalized spacial score (nSPS) is 19.2. The molecule has 0 amide bonds. The molecule has 0 saturated carbocycles. The lowest BCUT2D eigenvalue weighted by Gasteiger charge is -2.11. The van der Waals surface area contributed by atoms with E-state index in [2.05, 4.69) is 0 Å². The summed E-state index contributed by atoms with van der Waals surface area (Å²) in [6.45, 7) is 0. The highest BCUT2D eigenvalue weighted by molar-refractivity contribution is 5.55. The zero-order chi connectivity index (χ0) is 8.77. The summed E-state index contributed by atoms with van der Waals surface area (Å²) in [5, 5.41) is 0. The smallest absolute Gasteiger partial charge is 0.275 e. The third-order valence-corrected chi connectivity index (χ3v) is 2.26. The number of alkyl halides is 2. The number of hydrogen-bond donors (Lipinski definition) is 1. The fourth-order valence-corrected chi connectivity index (χ4v) is 1.69. The number of fused-ring (bicyclic) bond motifs is 1. The topological polar surface area (TPSA) is 26.0 Å². The van der Waals surface area contributed by atoms with Gasteiger partial charge in [0.15, 0.2) is 0 Å². The van der Waals surface area contributed by atoms with Gasteiger partial charge in [-0.1, -0.05) is 12.1 Å². The van der Waals surface area contributed by atoms with E-state index >= 15 is 0 Å². The van der Waals surface area contributed by atoms with Crippen LogP contribution in [0.5, 0.6) is 0 Å². The molecule has 1 aliphatic rings. The Labute approximate surface area is 69.2 Å². The van der Waals surface area contributed by atoms with Gasteiger partial charge >= 0.3 is 0 Å². The number of rotatable bonds is 0. The van der Waals surface area contributed by atoms with Crippen molar-refractivity contribution in [1.82, 2.24) is 0 Å². The van der Waals surface area contributed by atoms with Gasteiger partial charge in [0.2, 0.25) is 0 Å². The van der Waals surface area contributed by atoms with Crippen molar-refractivity contribution < 1.29 is 8.78 Å². The highest BCUT2D eigenvalue weighted by Gasteiger charge is 2.40. The summed E-state index contributed by atoms with van der Waals surface area (Å²) in [5.74, 6) is -2.71. The SMILES string of the molecule is Nc1cccc2c1C(F)(F)CC2. The van der Waals surface area contributed by atoms with Gasteiger partial charge in [-0.05, 0) is 18.1 Å². The highest BCUT2D eigenvalue weighted by Crippen LogP contribution is 2.44. The van der Waals surface area contributed by atoms with Crippen LogP contribution in [0.2, 0.25) is 0 Å². The summed E-state index contributed by atoms with van der Waals surface area (Å²) in [6.07, 6.45) is 0.337. The summed E-state index contributed by atoms with van der Waals surface area (Å²) < 4.78 is 26.2. The standard InChI is InChI=1S/C9H9F2N/c10-9(11)5-4-6-2-1-3-7(12)8(6)9/h1-3H,4-5,12H2. The van der Waals surface area contributed by atoms with Gasteiger partial charge in [0.1, 0.15) is 0 Å². The first kappa shape index (κ1) is 7.53. The molecule has 1 aromatic carbocycles. The molecular weight excluding hydrogens is 160 g/mol. The number of halogens is 2. The molecule has 64 valence electrons. The predicted octanol–water partition coefficient (Wildman–Crippen LogP) is 2.31. The van der Waals surface area contributed by atoms with E-state index in [9.17, 15) is 8.78 Å². The fraction of sp³-hybridized carbons (Fsp3) is 0.333. The number of anilines is 1. The van der Waals surface area contributed by atoms with Crippen LogP contribution < -0.4 is 5.73 Å². The van der Waals surface area contributed by atoms with Gasteiger partial charge < -0.3 is 5.73 Å². The van der Waals surface area contributed by atoms with Gasteiger partial charge in [-0.15, -0.1) is 0 Å². The maximum absolute atomic E-state index is 13.1. The van der Waals surface area contributed by atoms with E-state index in [4.69, 9.17) is 5.73 Å².